The van der Waals surface area contributed by atoms with Crippen LogP contribution < -0.4 is 0 Å². The molecular weight excluding hydrogens is 548 g/mol. The normalized spacial score (nSPS) is 24.3. The van der Waals surface area contributed by atoms with Gasteiger partial charge in [0.25, 0.3) is 10.0 Å². The molecule has 5 rings (SSSR count). The van der Waals surface area contributed by atoms with Crippen LogP contribution in [0.25, 0.3) is 10.9 Å². The zero-order valence-corrected chi connectivity index (χ0v) is 24.6. The zero-order valence-electron chi connectivity index (χ0n) is 23.7. The predicted molar refractivity (Wildman–Crippen MR) is 151 cm³/mol. The maximum absolute atomic E-state index is 13.6. The average molecular weight is 585 g/mol. The summed E-state index contributed by atoms with van der Waals surface area (Å²) >= 11 is 0. The summed E-state index contributed by atoms with van der Waals surface area (Å²) in [5.41, 5.74) is 0.220. The van der Waals surface area contributed by atoms with E-state index in [1.807, 2.05) is 12.1 Å². The number of nitrogens with zero attached hydrogens (tertiary/aromatic N) is 2. The minimum atomic E-state index is -3.82. The van der Waals surface area contributed by atoms with Crippen LogP contribution in [0.3, 0.4) is 0 Å². The molecule has 41 heavy (non-hydrogen) atoms. The molecule has 0 radical (unpaired) electrons. The Morgan fingerprint density at radius 1 is 0.976 bits per heavy atom. The molecule has 1 aliphatic carbocycles. The van der Waals surface area contributed by atoms with Gasteiger partial charge in [-0.2, -0.15) is 0 Å². The van der Waals surface area contributed by atoms with E-state index in [9.17, 15) is 18.0 Å². The summed E-state index contributed by atoms with van der Waals surface area (Å²) in [7, 11) is 2.15. The van der Waals surface area contributed by atoms with Crippen molar-refractivity contribution >= 4 is 32.8 Å². The van der Waals surface area contributed by atoms with E-state index in [2.05, 4.69) is 0 Å². The molecule has 0 unspecified atom stereocenters. The van der Waals surface area contributed by atoms with E-state index in [0.29, 0.717) is 24.9 Å². The summed E-state index contributed by atoms with van der Waals surface area (Å²) in [6.07, 6.45) is 2.03. The second-order valence-electron chi connectivity index (χ2n) is 10.7. The molecule has 0 spiro atoms. The van der Waals surface area contributed by atoms with Gasteiger partial charge >= 0.3 is 5.97 Å². The highest BCUT2D eigenvalue weighted by Gasteiger charge is 2.64. The number of aromatic nitrogens is 1. The van der Waals surface area contributed by atoms with Crippen LogP contribution in [-0.2, 0) is 45.0 Å². The number of piperidine rings is 1. The van der Waals surface area contributed by atoms with Crippen LogP contribution in [0.2, 0.25) is 0 Å². The highest BCUT2D eigenvalue weighted by Crippen LogP contribution is 2.53. The first-order valence-corrected chi connectivity index (χ1v) is 15.0. The minimum absolute atomic E-state index is 0.0590. The van der Waals surface area contributed by atoms with Crippen LogP contribution >= 0.6 is 0 Å². The fraction of sp³-hybridized carbons (Fsp3) is 0.467. The van der Waals surface area contributed by atoms with Crippen LogP contribution in [0, 0.1) is 11.3 Å². The van der Waals surface area contributed by atoms with Gasteiger partial charge in [0.1, 0.15) is 5.41 Å². The fourth-order valence-corrected chi connectivity index (χ4v) is 8.06. The molecule has 0 bridgehead atoms. The third kappa shape index (κ3) is 4.84. The van der Waals surface area contributed by atoms with E-state index in [0.717, 1.165) is 10.9 Å². The Balaban J connectivity index is 1.45. The number of hydrogen-bond donors (Lipinski definition) is 0. The first-order chi connectivity index (χ1) is 19.7. The lowest BCUT2D eigenvalue weighted by Gasteiger charge is -2.55. The summed E-state index contributed by atoms with van der Waals surface area (Å²) in [5, 5.41) is 0.801. The maximum Gasteiger partial charge on any atom is 0.315 e. The number of ether oxygens (including phenoxy) is 4. The highest BCUT2D eigenvalue weighted by molar-refractivity contribution is 7.90. The Bertz CT molecular complexity index is 1530. The molecule has 1 saturated heterocycles. The number of benzene rings is 2. The number of rotatable bonds is 9. The Kier molecular flexibility index (Phi) is 7.99. The van der Waals surface area contributed by atoms with Crippen LogP contribution in [0.5, 0.6) is 0 Å². The smallest absolute Gasteiger partial charge is 0.315 e. The summed E-state index contributed by atoms with van der Waals surface area (Å²) in [5.74, 6) is -1.96. The second kappa shape index (κ2) is 11.2. The van der Waals surface area contributed by atoms with Gasteiger partial charge < -0.3 is 23.8 Å². The summed E-state index contributed by atoms with van der Waals surface area (Å²) in [6.45, 7) is 0.625. The Morgan fingerprint density at radius 3 is 2.32 bits per heavy atom. The second-order valence-corrected chi connectivity index (χ2v) is 12.5. The monoisotopic (exact) mass is 584 g/mol. The van der Waals surface area contributed by atoms with Gasteiger partial charge in [-0.15, -0.1) is 0 Å². The van der Waals surface area contributed by atoms with Gasteiger partial charge in [-0.3, -0.25) is 9.59 Å². The molecule has 1 saturated carbocycles. The molecule has 3 atom stereocenters. The molecule has 1 aromatic heterocycles. The van der Waals surface area contributed by atoms with Crippen LogP contribution in [0.15, 0.2) is 65.7 Å². The molecule has 0 N–H and O–H groups in total. The third-order valence-corrected chi connectivity index (χ3v) is 10.6. The van der Waals surface area contributed by atoms with Crippen molar-refractivity contribution in [3.05, 3.63) is 66.4 Å². The third-order valence-electron chi connectivity index (χ3n) is 8.90. The van der Waals surface area contributed by atoms with Crippen LogP contribution in [0.1, 0.15) is 24.8 Å². The Hall–Kier alpha value is -3.25. The molecule has 2 fully saturated rings. The molecule has 10 nitrogen and oxygen atoms in total. The SMILES string of the molecule is COC(=O)[C@]12CC(=O)N(CCc3cn(S(=O)(=O)c4ccccc4)c4ccccc34)C[C@H]1CC(OC)(OC)C[C@H]2OC. The number of amides is 1. The molecular formula is C30H36N2O8S. The lowest BCUT2D eigenvalue weighted by atomic mass is 9.58. The molecule has 220 valence electrons. The number of para-hydroxylation sites is 1. The van der Waals surface area contributed by atoms with Gasteiger partial charge in [-0.05, 0) is 30.2 Å². The molecule has 2 heterocycles. The van der Waals surface area contributed by atoms with Crippen LogP contribution in [0.4, 0.5) is 0 Å². The van der Waals surface area contributed by atoms with E-state index in [-0.39, 0.29) is 36.1 Å². The quantitative estimate of drug-likeness (QED) is 0.278. The molecule has 2 aromatic carbocycles. The van der Waals surface area contributed by atoms with E-state index >= 15 is 0 Å². The van der Waals surface area contributed by atoms with Gasteiger partial charge in [-0.1, -0.05) is 36.4 Å². The van der Waals surface area contributed by atoms with Gasteiger partial charge in [-0.25, -0.2) is 12.4 Å². The molecule has 11 heteroatoms. The Morgan fingerprint density at radius 2 is 1.66 bits per heavy atom. The average Bonchev–Trinajstić information content (AvgIpc) is 3.39. The van der Waals surface area contributed by atoms with Gasteiger partial charge in [0.2, 0.25) is 5.91 Å². The lowest BCUT2D eigenvalue weighted by molar-refractivity contribution is -0.279. The fourth-order valence-electron chi connectivity index (χ4n) is 6.65. The summed E-state index contributed by atoms with van der Waals surface area (Å²) < 4.78 is 50.8. The van der Waals surface area contributed by atoms with Crippen LogP contribution in [-0.4, -0.2) is 82.6 Å². The van der Waals surface area contributed by atoms with Crippen molar-refractivity contribution in [2.75, 3.05) is 41.5 Å². The van der Waals surface area contributed by atoms with E-state index in [4.69, 9.17) is 18.9 Å². The van der Waals surface area contributed by atoms with E-state index in [1.165, 1.54) is 18.2 Å². The van der Waals surface area contributed by atoms with Gasteiger partial charge in [0, 0.05) is 71.2 Å². The number of likely N-dealkylation sites (tertiary alicyclic amines) is 1. The molecule has 2 aliphatic rings. The number of esters is 1. The van der Waals surface area contributed by atoms with Crippen molar-refractivity contribution in [3.63, 3.8) is 0 Å². The molecule has 1 aliphatic heterocycles. The number of fused-ring (bicyclic) bond motifs is 2. The van der Waals surface area contributed by atoms with Gasteiger partial charge in [0.15, 0.2) is 5.79 Å². The number of carbonyl (C=O) groups is 2. The summed E-state index contributed by atoms with van der Waals surface area (Å²) in [4.78, 5) is 28.8. The highest BCUT2D eigenvalue weighted by atomic mass is 32.2. The van der Waals surface area contributed by atoms with Crippen molar-refractivity contribution in [2.24, 2.45) is 11.3 Å². The van der Waals surface area contributed by atoms with Crippen molar-refractivity contribution in [1.29, 1.82) is 0 Å². The number of carbonyl (C=O) groups excluding carboxylic acids is 2. The molecule has 1 amide bonds. The lowest BCUT2D eigenvalue weighted by Crippen LogP contribution is -2.66. The maximum atomic E-state index is 13.6. The standard InChI is InChI=1S/C30H36N2O8S/c1-37-26-17-29(39-3,40-4)16-22-20-31(27(33)18-30(22,26)28(34)38-2)15-14-21-19-32(25-13-9-8-12-24(21)25)41(35,36)23-10-6-5-7-11-23/h5-13,19,22,26H,14-18,20H2,1-4H3/t22-,26-,30-/m1/s1. The Labute approximate surface area is 240 Å². The largest absolute Gasteiger partial charge is 0.468 e. The summed E-state index contributed by atoms with van der Waals surface area (Å²) in [6, 6.07) is 15.6. The minimum Gasteiger partial charge on any atom is -0.468 e. The number of hydrogen-bond acceptors (Lipinski definition) is 8. The predicted octanol–water partition coefficient (Wildman–Crippen LogP) is 3.23. The van der Waals surface area contributed by atoms with E-state index in [1.54, 1.807) is 67.8 Å². The zero-order chi connectivity index (χ0) is 29.4. The van der Waals surface area contributed by atoms with Crippen molar-refractivity contribution < 1.29 is 37.0 Å². The van der Waals surface area contributed by atoms with Crippen molar-refractivity contribution in [3.8, 4) is 0 Å². The first kappa shape index (κ1) is 29.2. The number of methoxy groups -OCH3 is 4. The topological polar surface area (TPSA) is 113 Å². The van der Waals surface area contributed by atoms with Crippen molar-refractivity contribution in [1.82, 2.24) is 8.87 Å². The van der Waals surface area contributed by atoms with Gasteiger partial charge in [0.05, 0.1) is 23.6 Å². The molecule has 3 aromatic rings. The van der Waals surface area contributed by atoms with Crippen molar-refractivity contribution in [2.45, 2.75) is 42.5 Å². The first-order valence-electron chi connectivity index (χ1n) is 13.5. The van der Waals surface area contributed by atoms with E-state index < -0.39 is 33.3 Å².